The molecule has 3 N–H and O–H groups in total. The van der Waals surface area contributed by atoms with Gasteiger partial charge in [0.2, 0.25) is 5.91 Å². The van der Waals surface area contributed by atoms with Gasteiger partial charge in [-0.15, -0.1) is 0 Å². The van der Waals surface area contributed by atoms with Crippen LogP contribution in [0.25, 0.3) is 22.3 Å². The lowest BCUT2D eigenvalue weighted by molar-refractivity contribution is -0.121. The molecular weight excluding hydrogens is 366 g/mol. The number of fused-ring (bicyclic) bond motifs is 1. The minimum absolute atomic E-state index is 0.0665. The monoisotopic (exact) mass is 389 g/mol. The highest BCUT2D eigenvalue weighted by Crippen LogP contribution is 2.28. The SMILES string of the molecule is Cc1ccc(NC(=O)COCc2nc3ccc(C)cc3[nH]2)c(-c2cc(C)[nH]n2)c1. The first-order chi connectivity index (χ1) is 14.0. The number of nitrogens with one attached hydrogen (secondary N) is 3. The number of aromatic amines is 2. The Morgan fingerprint density at radius 3 is 2.66 bits per heavy atom. The molecule has 4 aromatic rings. The van der Waals surface area contributed by atoms with Crippen molar-refractivity contribution >= 4 is 22.6 Å². The van der Waals surface area contributed by atoms with E-state index in [1.54, 1.807) is 0 Å². The van der Waals surface area contributed by atoms with Crippen LogP contribution in [0.5, 0.6) is 0 Å². The van der Waals surface area contributed by atoms with Gasteiger partial charge in [0.05, 0.1) is 22.4 Å². The van der Waals surface area contributed by atoms with Gasteiger partial charge in [-0.25, -0.2) is 4.98 Å². The number of rotatable bonds is 6. The van der Waals surface area contributed by atoms with E-state index in [4.69, 9.17) is 4.74 Å². The van der Waals surface area contributed by atoms with Gasteiger partial charge in [-0.05, 0) is 56.7 Å². The molecular formula is C22H23N5O2. The molecule has 0 bridgehead atoms. The summed E-state index contributed by atoms with van der Waals surface area (Å²) in [5.41, 5.74) is 7.43. The lowest BCUT2D eigenvalue weighted by Crippen LogP contribution is -2.19. The van der Waals surface area contributed by atoms with Crippen molar-refractivity contribution in [1.82, 2.24) is 20.2 Å². The first-order valence-electron chi connectivity index (χ1n) is 9.44. The Balaban J connectivity index is 1.39. The zero-order valence-electron chi connectivity index (χ0n) is 16.7. The Morgan fingerprint density at radius 2 is 1.86 bits per heavy atom. The van der Waals surface area contributed by atoms with Crippen molar-refractivity contribution < 1.29 is 9.53 Å². The molecule has 0 saturated heterocycles. The van der Waals surface area contributed by atoms with Crippen LogP contribution in [-0.4, -0.2) is 32.7 Å². The van der Waals surface area contributed by atoms with Crippen LogP contribution in [0.3, 0.4) is 0 Å². The fourth-order valence-corrected chi connectivity index (χ4v) is 3.21. The quantitative estimate of drug-likeness (QED) is 0.464. The van der Waals surface area contributed by atoms with Crippen LogP contribution >= 0.6 is 0 Å². The van der Waals surface area contributed by atoms with Crippen LogP contribution in [0.2, 0.25) is 0 Å². The molecule has 0 fully saturated rings. The van der Waals surface area contributed by atoms with E-state index in [0.717, 1.165) is 39.1 Å². The third kappa shape index (κ3) is 4.35. The van der Waals surface area contributed by atoms with Gasteiger partial charge in [-0.1, -0.05) is 17.7 Å². The topological polar surface area (TPSA) is 95.7 Å². The summed E-state index contributed by atoms with van der Waals surface area (Å²) in [5, 5.41) is 10.2. The highest BCUT2D eigenvalue weighted by Gasteiger charge is 2.12. The number of aryl methyl sites for hydroxylation is 3. The molecule has 0 aliphatic heterocycles. The van der Waals surface area contributed by atoms with Crippen molar-refractivity contribution in [2.24, 2.45) is 0 Å². The van der Waals surface area contributed by atoms with Gasteiger partial charge in [-0.3, -0.25) is 9.89 Å². The first-order valence-corrected chi connectivity index (χ1v) is 9.44. The number of nitrogens with zero attached hydrogens (tertiary/aromatic N) is 2. The number of hydrogen-bond acceptors (Lipinski definition) is 4. The van der Waals surface area contributed by atoms with Crippen molar-refractivity contribution in [2.75, 3.05) is 11.9 Å². The maximum Gasteiger partial charge on any atom is 0.250 e. The maximum atomic E-state index is 12.4. The van der Waals surface area contributed by atoms with Crippen LogP contribution in [0.4, 0.5) is 5.69 Å². The lowest BCUT2D eigenvalue weighted by atomic mass is 10.1. The summed E-state index contributed by atoms with van der Waals surface area (Å²) in [4.78, 5) is 20.1. The van der Waals surface area contributed by atoms with Gasteiger partial charge < -0.3 is 15.0 Å². The Bertz CT molecular complexity index is 1180. The molecule has 0 aliphatic rings. The average Bonchev–Trinajstić information content (AvgIpc) is 3.28. The zero-order valence-corrected chi connectivity index (χ0v) is 16.7. The molecule has 2 aromatic heterocycles. The number of aromatic nitrogens is 4. The van der Waals surface area contributed by atoms with E-state index >= 15 is 0 Å². The summed E-state index contributed by atoms with van der Waals surface area (Å²) >= 11 is 0. The number of ether oxygens (including phenoxy) is 1. The van der Waals surface area contributed by atoms with Gasteiger partial charge in [0.15, 0.2) is 0 Å². The summed E-state index contributed by atoms with van der Waals surface area (Å²) in [5.74, 6) is 0.468. The van der Waals surface area contributed by atoms with Gasteiger partial charge in [0.1, 0.15) is 19.0 Å². The standard InChI is InChI=1S/C22H23N5O2/c1-13-4-6-17(16(8-13)19-10-15(3)26-27-19)25-22(28)12-29-11-21-23-18-7-5-14(2)9-20(18)24-21/h4-10H,11-12H2,1-3H3,(H,23,24)(H,25,28)(H,26,27). The Hall–Kier alpha value is -3.45. The molecule has 0 spiro atoms. The number of anilines is 1. The fourth-order valence-electron chi connectivity index (χ4n) is 3.21. The normalized spacial score (nSPS) is 11.1. The summed E-state index contributed by atoms with van der Waals surface area (Å²) in [6.45, 7) is 6.15. The molecule has 0 unspecified atom stereocenters. The van der Waals surface area contributed by atoms with Crippen LogP contribution < -0.4 is 5.32 Å². The molecule has 148 valence electrons. The Labute approximate surface area is 168 Å². The second kappa shape index (κ2) is 7.89. The molecule has 2 heterocycles. The molecule has 2 aromatic carbocycles. The van der Waals surface area contributed by atoms with Gasteiger partial charge in [0.25, 0.3) is 0 Å². The molecule has 29 heavy (non-hydrogen) atoms. The van der Waals surface area contributed by atoms with Crippen molar-refractivity contribution in [3.63, 3.8) is 0 Å². The smallest absolute Gasteiger partial charge is 0.250 e. The minimum atomic E-state index is -0.227. The minimum Gasteiger partial charge on any atom is -0.364 e. The van der Waals surface area contributed by atoms with Crippen molar-refractivity contribution in [3.8, 4) is 11.3 Å². The molecule has 1 amide bonds. The number of hydrogen-bond donors (Lipinski definition) is 3. The first kappa shape index (κ1) is 18.9. The van der Waals surface area contributed by atoms with E-state index in [-0.39, 0.29) is 19.1 Å². The number of carbonyl (C=O) groups is 1. The van der Waals surface area contributed by atoms with Gasteiger partial charge >= 0.3 is 0 Å². The number of imidazole rings is 1. The third-order valence-corrected chi connectivity index (χ3v) is 4.59. The highest BCUT2D eigenvalue weighted by atomic mass is 16.5. The Morgan fingerprint density at radius 1 is 1.07 bits per heavy atom. The van der Waals surface area contributed by atoms with Crippen LogP contribution in [0.15, 0.2) is 42.5 Å². The molecule has 0 radical (unpaired) electrons. The van der Waals surface area contributed by atoms with Gasteiger partial charge in [0, 0.05) is 11.3 Å². The molecule has 7 nitrogen and oxygen atoms in total. The summed E-state index contributed by atoms with van der Waals surface area (Å²) in [6, 6.07) is 13.8. The van der Waals surface area contributed by atoms with E-state index in [1.807, 2.05) is 63.2 Å². The molecule has 7 heteroatoms. The van der Waals surface area contributed by atoms with Crippen molar-refractivity contribution in [2.45, 2.75) is 27.4 Å². The average molecular weight is 389 g/mol. The van der Waals surface area contributed by atoms with Crippen molar-refractivity contribution in [1.29, 1.82) is 0 Å². The summed E-state index contributed by atoms with van der Waals surface area (Å²) < 4.78 is 5.56. The maximum absolute atomic E-state index is 12.4. The third-order valence-electron chi connectivity index (χ3n) is 4.59. The molecule has 0 aliphatic carbocycles. The fraction of sp³-hybridized carbons (Fsp3) is 0.227. The van der Waals surface area contributed by atoms with E-state index < -0.39 is 0 Å². The summed E-state index contributed by atoms with van der Waals surface area (Å²) in [6.07, 6.45) is 0. The second-order valence-corrected chi connectivity index (χ2v) is 7.23. The number of amides is 1. The zero-order chi connectivity index (χ0) is 20.4. The number of benzene rings is 2. The summed E-state index contributed by atoms with van der Waals surface area (Å²) in [7, 11) is 0. The number of H-pyrrole nitrogens is 2. The van der Waals surface area contributed by atoms with Crippen LogP contribution in [0.1, 0.15) is 22.6 Å². The van der Waals surface area contributed by atoms with E-state index in [1.165, 1.54) is 0 Å². The molecule has 4 rings (SSSR count). The van der Waals surface area contributed by atoms with E-state index in [0.29, 0.717) is 11.5 Å². The van der Waals surface area contributed by atoms with Crippen LogP contribution in [0, 0.1) is 20.8 Å². The molecule has 0 saturated carbocycles. The van der Waals surface area contributed by atoms with E-state index in [9.17, 15) is 4.79 Å². The largest absolute Gasteiger partial charge is 0.364 e. The van der Waals surface area contributed by atoms with Gasteiger partial charge in [-0.2, -0.15) is 5.10 Å². The highest BCUT2D eigenvalue weighted by molar-refractivity contribution is 5.96. The molecule has 0 atom stereocenters. The Kier molecular flexibility index (Phi) is 5.14. The van der Waals surface area contributed by atoms with E-state index in [2.05, 4.69) is 25.5 Å². The van der Waals surface area contributed by atoms with Crippen LogP contribution in [-0.2, 0) is 16.1 Å². The lowest BCUT2D eigenvalue weighted by Gasteiger charge is -2.11. The predicted octanol–water partition coefficient (Wildman–Crippen LogP) is 4.03. The second-order valence-electron chi connectivity index (χ2n) is 7.23. The van der Waals surface area contributed by atoms with Crippen molar-refractivity contribution in [3.05, 3.63) is 65.1 Å². The predicted molar refractivity (Wildman–Crippen MR) is 113 cm³/mol. The number of carbonyl (C=O) groups excluding carboxylic acids is 1.